The van der Waals surface area contributed by atoms with Crippen LogP contribution in [0.4, 0.5) is 4.39 Å². The lowest BCUT2D eigenvalue weighted by Gasteiger charge is -2.01. The highest BCUT2D eigenvalue weighted by molar-refractivity contribution is 7.94. The molecule has 2 aromatic rings. The van der Waals surface area contributed by atoms with Gasteiger partial charge in [-0.3, -0.25) is 0 Å². The Morgan fingerprint density at radius 1 is 1.15 bits per heavy atom. The SMILES string of the molecule is COc1ccc(S(=O)(=O)/C=C/c2ccc(F)nc2)cc1. The molecule has 1 aromatic heterocycles. The van der Waals surface area contributed by atoms with Crippen LogP contribution in [0, 0.1) is 5.95 Å². The van der Waals surface area contributed by atoms with Crippen molar-refractivity contribution in [3.8, 4) is 5.75 Å². The number of benzene rings is 1. The first-order chi connectivity index (χ1) is 9.51. The highest BCUT2D eigenvalue weighted by atomic mass is 32.2. The van der Waals surface area contributed by atoms with Crippen molar-refractivity contribution in [1.82, 2.24) is 4.98 Å². The summed E-state index contributed by atoms with van der Waals surface area (Å²) < 4.78 is 41.7. The summed E-state index contributed by atoms with van der Waals surface area (Å²) in [5.41, 5.74) is 0.503. The third kappa shape index (κ3) is 3.42. The molecule has 0 aliphatic heterocycles. The van der Waals surface area contributed by atoms with E-state index in [1.165, 1.54) is 43.6 Å². The molecule has 1 heterocycles. The van der Waals surface area contributed by atoms with E-state index in [0.29, 0.717) is 11.3 Å². The Balaban J connectivity index is 2.23. The summed E-state index contributed by atoms with van der Waals surface area (Å²) >= 11 is 0. The van der Waals surface area contributed by atoms with Gasteiger partial charge in [0.2, 0.25) is 5.95 Å². The van der Waals surface area contributed by atoms with Gasteiger partial charge in [0.15, 0.2) is 9.84 Å². The van der Waals surface area contributed by atoms with Crippen LogP contribution in [0.25, 0.3) is 6.08 Å². The molecule has 0 bridgehead atoms. The molecule has 0 N–H and O–H groups in total. The van der Waals surface area contributed by atoms with Crippen LogP contribution in [0.1, 0.15) is 5.56 Å². The molecule has 20 heavy (non-hydrogen) atoms. The molecule has 0 spiro atoms. The van der Waals surface area contributed by atoms with Crippen molar-refractivity contribution in [2.24, 2.45) is 0 Å². The normalized spacial score (nSPS) is 11.7. The Kier molecular flexibility index (Phi) is 4.14. The van der Waals surface area contributed by atoms with Gasteiger partial charge in [0.25, 0.3) is 0 Å². The van der Waals surface area contributed by atoms with Crippen molar-refractivity contribution in [3.63, 3.8) is 0 Å². The maximum absolute atomic E-state index is 12.6. The van der Waals surface area contributed by atoms with Crippen molar-refractivity contribution >= 4 is 15.9 Å². The average Bonchev–Trinajstić information content (AvgIpc) is 2.47. The Labute approximate surface area is 116 Å². The molecule has 0 amide bonds. The summed E-state index contributed by atoms with van der Waals surface area (Å²) in [5.74, 6) is -0.0316. The van der Waals surface area contributed by atoms with Gasteiger partial charge in [0, 0.05) is 11.6 Å². The van der Waals surface area contributed by atoms with Crippen LogP contribution in [-0.4, -0.2) is 20.5 Å². The molecule has 6 heteroatoms. The largest absolute Gasteiger partial charge is 0.497 e. The highest BCUT2D eigenvalue weighted by Gasteiger charge is 2.10. The molecule has 0 radical (unpaired) electrons. The van der Waals surface area contributed by atoms with E-state index in [4.69, 9.17) is 4.74 Å². The van der Waals surface area contributed by atoms with Crippen molar-refractivity contribution < 1.29 is 17.5 Å². The van der Waals surface area contributed by atoms with Gasteiger partial charge in [-0.2, -0.15) is 4.39 Å². The molecule has 1 aromatic carbocycles. The number of hydrogen-bond acceptors (Lipinski definition) is 4. The second-order valence-electron chi connectivity index (χ2n) is 3.94. The maximum Gasteiger partial charge on any atom is 0.212 e. The molecule has 0 unspecified atom stereocenters. The van der Waals surface area contributed by atoms with E-state index in [1.54, 1.807) is 12.1 Å². The Morgan fingerprint density at radius 2 is 1.85 bits per heavy atom. The predicted octanol–water partition coefficient (Wildman–Crippen LogP) is 2.67. The zero-order valence-corrected chi connectivity index (χ0v) is 11.5. The summed E-state index contributed by atoms with van der Waals surface area (Å²) in [7, 11) is -2.05. The van der Waals surface area contributed by atoms with Crippen LogP contribution in [0.3, 0.4) is 0 Å². The third-order valence-electron chi connectivity index (χ3n) is 2.58. The van der Waals surface area contributed by atoms with Gasteiger partial charge >= 0.3 is 0 Å². The zero-order valence-electron chi connectivity index (χ0n) is 10.7. The Morgan fingerprint density at radius 3 is 2.40 bits per heavy atom. The van der Waals surface area contributed by atoms with E-state index in [1.807, 2.05) is 0 Å². The number of sulfone groups is 1. The van der Waals surface area contributed by atoms with Crippen LogP contribution in [0.2, 0.25) is 0 Å². The van der Waals surface area contributed by atoms with Crippen LogP contribution in [-0.2, 0) is 9.84 Å². The number of rotatable bonds is 4. The van der Waals surface area contributed by atoms with Gasteiger partial charge in [0.05, 0.1) is 12.0 Å². The van der Waals surface area contributed by atoms with E-state index in [2.05, 4.69) is 4.98 Å². The first kappa shape index (κ1) is 14.2. The van der Waals surface area contributed by atoms with E-state index >= 15 is 0 Å². The van der Waals surface area contributed by atoms with Gasteiger partial charge in [-0.25, -0.2) is 13.4 Å². The molecule has 0 aliphatic carbocycles. The Bertz CT molecular complexity index is 707. The second-order valence-corrected chi connectivity index (χ2v) is 5.77. The first-order valence-electron chi connectivity index (χ1n) is 5.70. The van der Waals surface area contributed by atoms with Gasteiger partial charge in [0.1, 0.15) is 5.75 Å². The predicted molar refractivity (Wildman–Crippen MR) is 73.4 cm³/mol. The fourth-order valence-electron chi connectivity index (χ4n) is 1.50. The van der Waals surface area contributed by atoms with E-state index in [9.17, 15) is 12.8 Å². The number of aromatic nitrogens is 1. The van der Waals surface area contributed by atoms with Gasteiger partial charge in [-0.1, -0.05) is 0 Å². The summed E-state index contributed by atoms with van der Waals surface area (Å²) in [4.78, 5) is 3.60. The van der Waals surface area contributed by atoms with Crippen LogP contribution < -0.4 is 4.74 Å². The lowest BCUT2D eigenvalue weighted by atomic mass is 10.3. The average molecular weight is 293 g/mol. The quantitative estimate of drug-likeness (QED) is 0.813. The number of ether oxygens (including phenoxy) is 1. The molecule has 0 aliphatic rings. The fraction of sp³-hybridized carbons (Fsp3) is 0.0714. The number of nitrogens with zero attached hydrogens (tertiary/aromatic N) is 1. The molecule has 0 fully saturated rings. The topological polar surface area (TPSA) is 56.3 Å². The smallest absolute Gasteiger partial charge is 0.212 e. The minimum atomic E-state index is -3.55. The number of hydrogen-bond donors (Lipinski definition) is 0. The highest BCUT2D eigenvalue weighted by Crippen LogP contribution is 2.18. The Hall–Kier alpha value is -2.21. The van der Waals surface area contributed by atoms with Gasteiger partial charge in [-0.15, -0.1) is 0 Å². The molecule has 0 atom stereocenters. The fourth-order valence-corrected chi connectivity index (χ4v) is 2.51. The summed E-state index contributed by atoms with van der Waals surface area (Å²) in [6, 6.07) is 8.67. The van der Waals surface area contributed by atoms with Crippen LogP contribution in [0.15, 0.2) is 52.9 Å². The minimum Gasteiger partial charge on any atom is -0.497 e. The standard InChI is InChI=1S/C14H12FNO3S/c1-19-12-3-5-13(6-4-12)20(17,18)9-8-11-2-7-14(15)16-10-11/h2-10H,1H3/b9-8+. The van der Waals surface area contributed by atoms with E-state index in [0.717, 1.165) is 5.41 Å². The lowest BCUT2D eigenvalue weighted by Crippen LogP contribution is -1.96. The zero-order chi connectivity index (χ0) is 14.6. The first-order valence-corrected chi connectivity index (χ1v) is 7.25. The maximum atomic E-state index is 12.6. The van der Waals surface area contributed by atoms with Crippen molar-refractivity contribution in [2.75, 3.05) is 7.11 Å². The summed E-state index contributed by atoms with van der Waals surface area (Å²) in [6.45, 7) is 0. The molecule has 2 rings (SSSR count). The number of halogens is 1. The van der Waals surface area contributed by atoms with Crippen molar-refractivity contribution in [3.05, 3.63) is 59.5 Å². The third-order valence-corrected chi connectivity index (χ3v) is 4.00. The lowest BCUT2D eigenvalue weighted by molar-refractivity contribution is 0.414. The van der Waals surface area contributed by atoms with Crippen LogP contribution in [0.5, 0.6) is 5.75 Å². The summed E-state index contributed by atoms with van der Waals surface area (Å²) in [5, 5.41) is 1.06. The molecular weight excluding hydrogens is 281 g/mol. The van der Waals surface area contributed by atoms with E-state index in [-0.39, 0.29) is 4.90 Å². The second kappa shape index (κ2) is 5.83. The van der Waals surface area contributed by atoms with Crippen molar-refractivity contribution in [2.45, 2.75) is 4.90 Å². The van der Waals surface area contributed by atoms with Gasteiger partial charge < -0.3 is 4.74 Å². The van der Waals surface area contributed by atoms with Crippen LogP contribution >= 0.6 is 0 Å². The van der Waals surface area contributed by atoms with Gasteiger partial charge in [-0.05, 0) is 48.0 Å². The monoisotopic (exact) mass is 293 g/mol. The van der Waals surface area contributed by atoms with Crippen molar-refractivity contribution in [1.29, 1.82) is 0 Å². The van der Waals surface area contributed by atoms with E-state index < -0.39 is 15.8 Å². The molecule has 0 saturated carbocycles. The number of methoxy groups -OCH3 is 1. The molecule has 4 nitrogen and oxygen atoms in total. The molecule has 0 saturated heterocycles. The number of pyridine rings is 1. The molecule has 104 valence electrons. The summed E-state index contributed by atoms with van der Waals surface area (Å²) in [6.07, 6.45) is 2.63. The molecular formula is C14H12FNO3S. The minimum absolute atomic E-state index is 0.157.